The number of amides is 1. The van der Waals surface area contributed by atoms with Crippen molar-refractivity contribution >= 4 is 24.0 Å². The van der Waals surface area contributed by atoms with Gasteiger partial charge in [0.25, 0.3) is 5.91 Å². The molecule has 1 heterocycles. The van der Waals surface area contributed by atoms with Gasteiger partial charge in [0, 0.05) is 43.2 Å². The van der Waals surface area contributed by atoms with Crippen molar-refractivity contribution in [3.8, 4) is 0 Å². The molecule has 0 spiro atoms. The Balaban J connectivity index is 0.00000220. The predicted molar refractivity (Wildman–Crippen MR) is 87.7 cm³/mol. The zero-order chi connectivity index (χ0) is 14.5. The number of nitrogen functional groups attached to an aromatic ring is 1. The summed E-state index contributed by atoms with van der Waals surface area (Å²) in [5, 5.41) is 0. The van der Waals surface area contributed by atoms with Crippen LogP contribution in [-0.4, -0.2) is 29.4 Å². The number of rotatable bonds is 4. The van der Waals surface area contributed by atoms with E-state index in [1.807, 2.05) is 31.2 Å². The first kappa shape index (κ1) is 17.0. The van der Waals surface area contributed by atoms with Gasteiger partial charge in [-0.3, -0.25) is 9.78 Å². The highest BCUT2D eigenvalue weighted by Gasteiger charge is 2.14. The number of nitrogens with zero attached hydrogens (tertiary/aromatic N) is 2. The molecule has 0 atom stereocenters. The van der Waals surface area contributed by atoms with Crippen LogP contribution < -0.4 is 5.73 Å². The monoisotopic (exact) mass is 305 g/mol. The summed E-state index contributed by atoms with van der Waals surface area (Å²) in [6.07, 6.45) is 2.50. The summed E-state index contributed by atoms with van der Waals surface area (Å²) in [4.78, 5) is 18.4. The molecule has 0 aliphatic rings. The third-order valence-electron chi connectivity index (χ3n) is 3.27. The predicted octanol–water partition coefficient (Wildman–Crippen LogP) is 2.71. The number of nitrogens with two attached hydrogens (primary N) is 1. The van der Waals surface area contributed by atoms with E-state index in [9.17, 15) is 4.79 Å². The second-order valence-electron chi connectivity index (χ2n) is 4.87. The van der Waals surface area contributed by atoms with E-state index in [1.165, 1.54) is 0 Å². The van der Waals surface area contributed by atoms with Crippen LogP contribution in [0.25, 0.3) is 0 Å². The zero-order valence-corrected chi connectivity index (χ0v) is 13.1. The lowest BCUT2D eigenvalue weighted by Gasteiger charge is -2.18. The highest BCUT2D eigenvalue weighted by atomic mass is 35.5. The van der Waals surface area contributed by atoms with Crippen molar-refractivity contribution in [2.24, 2.45) is 0 Å². The van der Waals surface area contributed by atoms with E-state index in [1.54, 1.807) is 30.3 Å². The molecule has 0 aliphatic heterocycles. The van der Waals surface area contributed by atoms with Crippen LogP contribution >= 0.6 is 12.4 Å². The van der Waals surface area contributed by atoms with Gasteiger partial charge in [0.1, 0.15) is 0 Å². The minimum atomic E-state index is -0.00858. The molecule has 0 aliphatic carbocycles. The summed E-state index contributed by atoms with van der Waals surface area (Å²) in [5.74, 6) is -0.00858. The van der Waals surface area contributed by atoms with Crippen LogP contribution in [0.2, 0.25) is 0 Å². The molecule has 0 bridgehead atoms. The Morgan fingerprint density at radius 1 is 1.29 bits per heavy atom. The summed E-state index contributed by atoms with van der Waals surface area (Å²) in [6.45, 7) is 2.54. The third kappa shape index (κ3) is 4.46. The number of halogens is 1. The van der Waals surface area contributed by atoms with Gasteiger partial charge in [-0.25, -0.2) is 0 Å². The molecule has 4 nitrogen and oxygen atoms in total. The maximum atomic E-state index is 12.4. The average molecular weight is 306 g/mol. The Hall–Kier alpha value is -2.07. The highest BCUT2D eigenvalue weighted by Crippen LogP contribution is 2.14. The van der Waals surface area contributed by atoms with E-state index in [0.29, 0.717) is 17.8 Å². The molecule has 5 heteroatoms. The highest BCUT2D eigenvalue weighted by molar-refractivity contribution is 5.96. The molecule has 0 saturated carbocycles. The Morgan fingerprint density at radius 3 is 2.71 bits per heavy atom. The number of benzene rings is 1. The molecule has 112 valence electrons. The summed E-state index contributed by atoms with van der Waals surface area (Å²) in [7, 11) is 1.80. The smallest absolute Gasteiger partial charge is 0.253 e. The van der Waals surface area contributed by atoms with E-state index in [2.05, 4.69) is 4.98 Å². The number of hydrogen-bond acceptors (Lipinski definition) is 3. The van der Waals surface area contributed by atoms with Crippen LogP contribution in [0, 0.1) is 6.92 Å². The number of anilines is 1. The summed E-state index contributed by atoms with van der Waals surface area (Å²) in [5.41, 5.74) is 8.94. The number of aryl methyl sites for hydroxylation is 1. The van der Waals surface area contributed by atoms with Gasteiger partial charge in [-0.05, 0) is 36.8 Å². The minimum Gasteiger partial charge on any atom is -0.399 e. The Bertz CT molecular complexity index is 602. The SMILES string of the molecule is Cc1ccc(N)cc1C(=O)N(C)CCc1ccccn1.Cl. The number of hydrogen-bond donors (Lipinski definition) is 1. The normalized spacial score (nSPS) is 9.81. The van der Waals surface area contributed by atoms with Gasteiger partial charge in [-0.2, -0.15) is 0 Å². The van der Waals surface area contributed by atoms with Crippen molar-refractivity contribution in [3.63, 3.8) is 0 Å². The molecular formula is C16H20ClN3O. The molecule has 2 aromatic rings. The lowest BCUT2D eigenvalue weighted by atomic mass is 10.1. The van der Waals surface area contributed by atoms with Gasteiger partial charge in [0.2, 0.25) is 0 Å². The summed E-state index contributed by atoms with van der Waals surface area (Å²) in [6, 6.07) is 11.2. The number of pyridine rings is 1. The quantitative estimate of drug-likeness (QED) is 0.884. The van der Waals surface area contributed by atoms with Gasteiger partial charge in [0.15, 0.2) is 0 Å². The van der Waals surface area contributed by atoms with Crippen LogP contribution in [-0.2, 0) is 6.42 Å². The molecule has 0 fully saturated rings. The van der Waals surface area contributed by atoms with Crippen LogP contribution in [0.5, 0.6) is 0 Å². The van der Waals surface area contributed by atoms with Crippen molar-refractivity contribution in [1.82, 2.24) is 9.88 Å². The average Bonchev–Trinajstić information content (AvgIpc) is 2.47. The molecule has 21 heavy (non-hydrogen) atoms. The van der Waals surface area contributed by atoms with Crippen molar-refractivity contribution in [2.45, 2.75) is 13.3 Å². The van der Waals surface area contributed by atoms with Crippen molar-refractivity contribution < 1.29 is 4.79 Å². The molecule has 2 N–H and O–H groups in total. The largest absolute Gasteiger partial charge is 0.399 e. The van der Waals surface area contributed by atoms with Gasteiger partial charge in [-0.1, -0.05) is 12.1 Å². The molecule has 0 radical (unpaired) electrons. The van der Waals surface area contributed by atoms with E-state index < -0.39 is 0 Å². The molecular weight excluding hydrogens is 286 g/mol. The molecule has 2 rings (SSSR count). The van der Waals surface area contributed by atoms with Gasteiger partial charge in [0.05, 0.1) is 0 Å². The second kappa shape index (κ2) is 7.64. The lowest BCUT2D eigenvalue weighted by molar-refractivity contribution is 0.0795. The number of likely N-dealkylation sites (N-methyl/N-ethyl adjacent to an activating group) is 1. The molecule has 1 aromatic heterocycles. The first-order chi connectivity index (χ1) is 9.58. The van der Waals surface area contributed by atoms with Crippen LogP contribution in [0.4, 0.5) is 5.69 Å². The lowest BCUT2D eigenvalue weighted by Crippen LogP contribution is -2.29. The fraction of sp³-hybridized carbons (Fsp3) is 0.250. The van der Waals surface area contributed by atoms with Crippen LogP contribution in [0.1, 0.15) is 21.6 Å². The van der Waals surface area contributed by atoms with E-state index >= 15 is 0 Å². The molecule has 0 unspecified atom stereocenters. The van der Waals surface area contributed by atoms with E-state index in [4.69, 9.17) is 5.73 Å². The minimum absolute atomic E-state index is 0. The molecule has 1 aromatic carbocycles. The summed E-state index contributed by atoms with van der Waals surface area (Å²) >= 11 is 0. The van der Waals surface area contributed by atoms with Crippen molar-refractivity contribution in [1.29, 1.82) is 0 Å². The second-order valence-corrected chi connectivity index (χ2v) is 4.87. The summed E-state index contributed by atoms with van der Waals surface area (Å²) < 4.78 is 0. The van der Waals surface area contributed by atoms with Crippen LogP contribution in [0.3, 0.4) is 0 Å². The standard InChI is InChI=1S/C16H19N3O.ClH/c1-12-6-7-13(17)11-15(12)16(20)19(2)10-8-14-5-3-4-9-18-14;/h3-7,9,11H,8,10,17H2,1-2H3;1H. The fourth-order valence-electron chi connectivity index (χ4n) is 2.01. The maximum absolute atomic E-state index is 12.4. The Morgan fingerprint density at radius 2 is 2.05 bits per heavy atom. The Kier molecular flexibility index (Phi) is 6.18. The first-order valence-electron chi connectivity index (χ1n) is 6.59. The van der Waals surface area contributed by atoms with E-state index in [0.717, 1.165) is 17.7 Å². The molecule has 1 amide bonds. The van der Waals surface area contributed by atoms with E-state index in [-0.39, 0.29) is 18.3 Å². The number of carbonyl (C=O) groups excluding carboxylic acids is 1. The first-order valence-corrected chi connectivity index (χ1v) is 6.59. The Labute approximate surface area is 131 Å². The fourth-order valence-corrected chi connectivity index (χ4v) is 2.01. The number of carbonyl (C=O) groups is 1. The van der Waals surface area contributed by atoms with Gasteiger partial charge in [-0.15, -0.1) is 12.4 Å². The number of aromatic nitrogens is 1. The van der Waals surface area contributed by atoms with Crippen LogP contribution in [0.15, 0.2) is 42.6 Å². The van der Waals surface area contributed by atoms with Crippen molar-refractivity contribution in [2.75, 3.05) is 19.3 Å². The molecule has 0 saturated heterocycles. The van der Waals surface area contributed by atoms with Gasteiger partial charge < -0.3 is 10.6 Å². The topological polar surface area (TPSA) is 59.2 Å². The van der Waals surface area contributed by atoms with Crippen molar-refractivity contribution in [3.05, 3.63) is 59.4 Å². The third-order valence-corrected chi connectivity index (χ3v) is 3.27. The van der Waals surface area contributed by atoms with Gasteiger partial charge >= 0.3 is 0 Å². The maximum Gasteiger partial charge on any atom is 0.253 e. The zero-order valence-electron chi connectivity index (χ0n) is 12.2.